The minimum Gasteiger partial charge on any atom is -0.309 e. The molecule has 1 nitrogen and oxygen atoms in total. The zero-order chi connectivity index (χ0) is 38.2. The number of rotatable bonds is 5. The van der Waals surface area contributed by atoms with Crippen LogP contribution in [0.3, 0.4) is 0 Å². The minimum absolute atomic E-state index is 1.16. The minimum atomic E-state index is 1.16. The van der Waals surface area contributed by atoms with E-state index in [4.69, 9.17) is 0 Å². The van der Waals surface area contributed by atoms with Gasteiger partial charge < -0.3 is 4.57 Å². The first-order valence-electron chi connectivity index (χ1n) is 19.9. The normalized spacial score (nSPS) is 11.8. The maximum absolute atomic E-state index is 2.48. The van der Waals surface area contributed by atoms with Gasteiger partial charge in [-0.15, -0.1) is 11.3 Å². The fourth-order valence-corrected chi connectivity index (χ4v) is 10.3. The van der Waals surface area contributed by atoms with E-state index in [0.717, 1.165) is 5.69 Å². The zero-order valence-corrected chi connectivity index (χ0v) is 32.4. The highest BCUT2D eigenvalue weighted by Crippen LogP contribution is 2.42. The summed E-state index contributed by atoms with van der Waals surface area (Å²) >= 11 is 1.86. The van der Waals surface area contributed by atoms with Gasteiger partial charge in [0.15, 0.2) is 0 Å². The van der Waals surface area contributed by atoms with E-state index in [1.54, 1.807) is 0 Å². The second kappa shape index (κ2) is 13.2. The van der Waals surface area contributed by atoms with Gasteiger partial charge in [-0.05, 0) is 115 Å². The van der Waals surface area contributed by atoms with Crippen molar-refractivity contribution >= 4 is 74.9 Å². The van der Waals surface area contributed by atoms with Crippen molar-refractivity contribution in [2.45, 2.75) is 0 Å². The maximum atomic E-state index is 2.48. The largest absolute Gasteiger partial charge is 0.309 e. The van der Waals surface area contributed by atoms with Crippen LogP contribution in [0.2, 0.25) is 0 Å². The number of thiophene rings is 1. The van der Waals surface area contributed by atoms with E-state index < -0.39 is 0 Å². The van der Waals surface area contributed by atoms with Crippen LogP contribution in [0.4, 0.5) is 0 Å². The molecule has 270 valence electrons. The highest BCUT2D eigenvalue weighted by Gasteiger charge is 2.19. The van der Waals surface area contributed by atoms with Crippen molar-refractivity contribution in [1.29, 1.82) is 0 Å². The van der Waals surface area contributed by atoms with Gasteiger partial charge in [0.05, 0.1) is 16.7 Å². The summed E-state index contributed by atoms with van der Waals surface area (Å²) in [6.45, 7) is 0. The molecule has 0 amide bonds. The van der Waals surface area contributed by atoms with Gasteiger partial charge in [-0.3, -0.25) is 0 Å². The van der Waals surface area contributed by atoms with Crippen molar-refractivity contribution in [3.8, 4) is 50.2 Å². The zero-order valence-electron chi connectivity index (χ0n) is 31.6. The van der Waals surface area contributed by atoms with Crippen LogP contribution in [0.15, 0.2) is 212 Å². The van der Waals surface area contributed by atoms with Crippen molar-refractivity contribution in [2.24, 2.45) is 0 Å². The Morgan fingerprint density at radius 2 is 0.741 bits per heavy atom. The summed E-state index contributed by atoms with van der Waals surface area (Å²) < 4.78 is 5.14. The number of hydrogen-bond acceptors (Lipinski definition) is 1. The molecule has 0 saturated heterocycles. The Kier molecular flexibility index (Phi) is 7.47. The van der Waals surface area contributed by atoms with Gasteiger partial charge in [0.1, 0.15) is 0 Å². The van der Waals surface area contributed by atoms with Crippen LogP contribution in [-0.2, 0) is 0 Å². The Morgan fingerprint density at radius 3 is 1.45 bits per heavy atom. The molecule has 2 aromatic heterocycles. The van der Waals surface area contributed by atoms with Gasteiger partial charge >= 0.3 is 0 Å². The Bertz CT molecular complexity index is 3440. The Labute approximate surface area is 340 Å². The highest BCUT2D eigenvalue weighted by molar-refractivity contribution is 7.25. The number of nitrogens with zero attached hydrogens (tertiary/aromatic N) is 1. The summed E-state index contributed by atoms with van der Waals surface area (Å²) in [4.78, 5) is 0. The SMILES string of the molecule is c1cc(-c2ccc3sc4ccccc4c3c2)cc(-c2ccccc2-n2c3ccc(-c4cccc5ccccc45)cc3c3cc(-c4cccc5ccccc45)ccc32)c1. The Morgan fingerprint density at radius 1 is 0.276 bits per heavy atom. The van der Waals surface area contributed by atoms with Crippen LogP contribution in [0, 0.1) is 0 Å². The van der Waals surface area contributed by atoms with Crippen molar-refractivity contribution in [1.82, 2.24) is 4.57 Å². The molecule has 12 aromatic rings. The second-order valence-electron chi connectivity index (χ2n) is 15.3. The average molecular weight is 754 g/mol. The average Bonchev–Trinajstić information content (AvgIpc) is 3.83. The first kappa shape index (κ1) is 32.9. The van der Waals surface area contributed by atoms with E-state index >= 15 is 0 Å². The molecular weight excluding hydrogens is 719 g/mol. The van der Waals surface area contributed by atoms with Crippen molar-refractivity contribution in [3.05, 3.63) is 212 Å². The predicted molar refractivity (Wildman–Crippen MR) is 250 cm³/mol. The molecule has 0 unspecified atom stereocenters. The van der Waals surface area contributed by atoms with Gasteiger partial charge in [0.25, 0.3) is 0 Å². The molecule has 0 aliphatic rings. The van der Waals surface area contributed by atoms with Gasteiger partial charge in [-0.25, -0.2) is 0 Å². The van der Waals surface area contributed by atoms with E-state index in [1.165, 1.54) is 108 Å². The third-order valence-corrected chi connectivity index (χ3v) is 13.1. The first-order chi connectivity index (χ1) is 28.7. The third-order valence-electron chi connectivity index (χ3n) is 12.0. The lowest BCUT2D eigenvalue weighted by Crippen LogP contribution is -1.97. The summed E-state index contributed by atoms with van der Waals surface area (Å²) in [5, 5.41) is 10.2. The van der Waals surface area contributed by atoms with Crippen molar-refractivity contribution in [2.75, 3.05) is 0 Å². The van der Waals surface area contributed by atoms with Gasteiger partial charge in [0, 0.05) is 36.5 Å². The van der Waals surface area contributed by atoms with Crippen LogP contribution in [0.5, 0.6) is 0 Å². The monoisotopic (exact) mass is 753 g/mol. The molecule has 0 radical (unpaired) electrons. The molecule has 0 saturated carbocycles. The number of para-hydroxylation sites is 1. The summed E-state index contributed by atoms with van der Waals surface area (Å²) in [6, 6.07) is 78.4. The molecule has 0 aliphatic carbocycles. The molecule has 0 aliphatic heterocycles. The number of hydrogen-bond donors (Lipinski definition) is 0. The van der Waals surface area contributed by atoms with Gasteiger partial charge in [-0.2, -0.15) is 0 Å². The van der Waals surface area contributed by atoms with Crippen LogP contribution in [0.25, 0.3) is 114 Å². The van der Waals surface area contributed by atoms with Crippen LogP contribution >= 0.6 is 11.3 Å². The Balaban J connectivity index is 1.07. The highest BCUT2D eigenvalue weighted by atomic mass is 32.1. The van der Waals surface area contributed by atoms with Crippen molar-refractivity contribution in [3.63, 3.8) is 0 Å². The molecule has 0 atom stereocenters. The fraction of sp³-hybridized carbons (Fsp3) is 0. The van der Waals surface area contributed by atoms with E-state index in [0.29, 0.717) is 0 Å². The molecule has 10 aromatic carbocycles. The summed E-state index contributed by atoms with van der Waals surface area (Å²) in [5.74, 6) is 0. The lowest BCUT2D eigenvalue weighted by molar-refractivity contribution is 1.18. The lowest BCUT2D eigenvalue weighted by atomic mass is 9.95. The standard InChI is InChI=1S/C56H35NS/c1-3-18-43-36(12-1)14-10-22-45(43)41-26-29-53-49(34-41)50-35-42(46-23-11-15-37-13-2-4-19-44(37)46)27-30-54(50)57(53)52-24-7-5-20-47(52)40-17-9-16-38(32-40)39-28-31-56-51(33-39)48-21-6-8-25-55(48)58-56/h1-35H. The number of aromatic nitrogens is 1. The second-order valence-corrected chi connectivity index (χ2v) is 16.3. The summed E-state index contributed by atoms with van der Waals surface area (Å²) in [5.41, 5.74) is 13.3. The summed E-state index contributed by atoms with van der Waals surface area (Å²) in [6.07, 6.45) is 0. The molecule has 0 spiro atoms. The van der Waals surface area contributed by atoms with Crippen LogP contribution in [0.1, 0.15) is 0 Å². The first-order valence-corrected chi connectivity index (χ1v) is 20.7. The molecule has 12 rings (SSSR count). The molecule has 0 fully saturated rings. The smallest absolute Gasteiger partial charge is 0.0541 e. The predicted octanol–water partition coefficient (Wildman–Crippen LogP) is 16.1. The van der Waals surface area contributed by atoms with E-state index in [9.17, 15) is 0 Å². The molecule has 0 bridgehead atoms. The molecular formula is C56H35NS. The summed E-state index contributed by atoms with van der Waals surface area (Å²) in [7, 11) is 0. The number of fused-ring (bicyclic) bond motifs is 8. The Hall–Kier alpha value is -7.26. The van der Waals surface area contributed by atoms with Gasteiger partial charge in [-0.1, -0.05) is 158 Å². The van der Waals surface area contributed by atoms with Crippen molar-refractivity contribution < 1.29 is 0 Å². The van der Waals surface area contributed by atoms with Crippen LogP contribution < -0.4 is 0 Å². The maximum Gasteiger partial charge on any atom is 0.0541 e. The molecule has 2 heteroatoms. The van der Waals surface area contributed by atoms with E-state index in [1.807, 2.05) is 11.3 Å². The fourth-order valence-electron chi connectivity index (χ4n) is 9.26. The molecule has 2 heterocycles. The molecule has 58 heavy (non-hydrogen) atoms. The van der Waals surface area contributed by atoms with E-state index in [2.05, 4.69) is 217 Å². The van der Waals surface area contributed by atoms with E-state index in [-0.39, 0.29) is 0 Å². The molecule has 0 N–H and O–H groups in total. The lowest BCUT2D eigenvalue weighted by Gasteiger charge is -2.15. The van der Waals surface area contributed by atoms with Gasteiger partial charge in [0.2, 0.25) is 0 Å². The van der Waals surface area contributed by atoms with Crippen LogP contribution in [-0.4, -0.2) is 4.57 Å². The third kappa shape index (κ3) is 5.23. The quantitative estimate of drug-likeness (QED) is 0.165. The topological polar surface area (TPSA) is 4.93 Å². The number of benzene rings is 10.